The van der Waals surface area contributed by atoms with E-state index in [4.69, 9.17) is 65.8 Å². The Labute approximate surface area is 304 Å². The van der Waals surface area contributed by atoms with E-state index in [9.17, 15) is 19.2 Å². The third kappa shape index (κ3) is 6.09. The molecule has 2 aromatic heterocycles. The minimum absolute atomic E-state index is 0.0934. The van der Waals surface area contributed by atoms with Crippen molar-refractivity contribution in [1.82, 2.24) is 30.0 Å². The molecule has 0 saturated heterocycles. The largest absolute Gasteiger partial charge is 0.494 e. The van der Waals surface area contributed by atoms with E-state index >= 15 is 0 Å². The molecule has 0 unspecified atom stereocenters. The molecule has 0 aliphatic carbocycles. The van der Waals surface area contributed by atoms with Crippen LogP contribution in [0.3, 0.4) is 0 Å². The molecule has 0 saturated carbocycles. The number of imidazole rings is 2. The van der Waals surface area contributed by atoms with Crippen molar-refractivity contribution in [3.63, 3.8) is 0 Å². The zero-order valence-electron chi connectivity index (χ0n) is 27.5. The summed E-state index contributed by atoms with van der Waals surface area (Å²) in [6, 6.07) is 15.7. The molecule has 266 valence electrons. The van der Waals surface area contributed by atoms with E-state index in [2.05, 4.69) is 10.9 Å². The first-order chi connectivity index (χ1) is 24.9. The fourth-order valence-corrected chi connectivity index (χ4v) is 6.50. The molecule has 6 rings (SSSR count). The number of primary amides is 2. The molecule has 0 bridgehead atoms. The Balaban J connectivity index is 1.63. The second kappa shape index (κ2) is 14.2. The lowest BCUT2D eigenvalue weighted by Crippen LogP contribution is -2.30. The van der Waals surface area contributed by atoms with Gasteiger partial charge in [0.2, 0.25) is 0 Å². The number of nitrogen functional groups attached to an aromatic ring is 2. The highest BCUT2D eigenvalue weighted by Gasteiger charge is 2.26. The van der Waals surface area contributed by atoms with Crippen LogP contribution in [0.2, 0.25) is 10.0 Å². The van der Waals surface area contributed by atoms with Gasteiger partial charge in [0, 0.05) is 34.3 Å². The number of hydrogen-bond acceptors (Lipinski definition) is 10. The number of aryl methyl sites for hydroxylation is 2. The van der Waals surface area contributed by atoms with Gasteiger partial charge < -0.3 is 30.1 Å². The summed E-state index contributed by atoms with van der Waals surface area (Å²) in [7, 11) is 2.77. The first kappa shape index (κ1) is 35.6. The van der Waals surface area contributed by atoms with E-state index < -0.39 is 23.6 Å². The van der Waals surface area contributed by atoms with Gasteiger partial charge in [0.15, 0.2) is 11.5 Å². The number of carbonyl (C=O) groups is 4. The number of fused-ring (bicyclic) bond motifs is 2. The molecule has 0 aliphatic heterocycles. The van der Waals surface area contributed by atoms with E-state index in [1.165, 1.54) is 38.5 Å². The topological polar surface area (TPSA) is 251 Å². The van der Waals surface area contributed by atoms with Gasteiger partial charge in [0.1, 0.15) is 22.7 Å². The minimum atomic E-state index is -0.733. The monoisotopic (exact) mass is 744 g/mol. The number of halogens is 2. The van der Waals surface area contributed by atoms with Crippen LogP contribution in [-0.4, -0.2) is 57.0 Å². The number of methoxy groups -OCH3 is 2. The lowest BCUT2D eigenvalue weighted by molar-refractivity contribution is 0.0946. The van der Waals surface area contributed by atoms with Crippen molar-refractivity contribution >= 4 is 68.9 Å². The number of ether oxygens (including phenoxy) is 2. The van der Waals surface area contributed by atoms with E-state index in [1.807, 2.05) is 0 Å². The van der Waals surface area contributed by atoms with Gasteiger partial charge in [0.05, 0.1) is 47.5 Å². The lowest BCUT2D eigenvalue weighted by Gasteiger charge is -2.16. The molecular weight excluding hydrogens is 715 g/mol. The molecule has 0 aliphatic rings. The smallest absolute Gasteiger partial charge is 0.265 e. The Kier molecular flexibility index (Phi) is 9.73. The Morgan fingerprint density at radius 3 is 1.35 bits per heavy atom. The van der Waals surface area contributed by atoms with Gasteiger partial charge in [-0.05, 0) is 60.7 Å². The summed E-state index contributed by atoms with van der Waals surface area (Å²) in [5.41, 5.74) is 18.3. The van der Waals surface area contributed by atoms with Crippen molar-refractivity contribution < 1.29 is 28.7 Å². The zero-order valence-corrected chi connectivity index (χ0v) is 29.0. The summed E-state index contributed by atoms with van der Waals surface area (Å²) in [5, 5.41) is 0.551. The molecule has 2 heterocycles. The van der Waals surface area contributed by atoms with E-state index in [-0.39, 0.29) is 67.9 Å². The normalized spacial score (nSPS) is 11.1. The van der Waals surface area contributed by atoms with Crippen molar-refractivity contribution in [2.24, 2.45) is 23.2 Å². The number of hydrazine groups is 2. The van der Waals surface area contributed by atoms with Crippen LogP contribution >= 0.6 is 23.2 Å². The average Bonchev–Trinajstić information content (AvgIpc) is 3.70. The highest BCUT2D eigenvalue weighted by atomic mass is 35.5. The minimum Gasteiger partial charge on any atom is -0.494 e. The quantitative estimate of drug-likeness (QED) is 0.0642. The molecule has 0 atom stereocenters. The highest BCUT2D eigenvalue weighted by Crippen LogP contribution is 2.38. The Morgan fingerprint density at radius 2 is 1.02 bits per heavy atom. The number of hydrogen-bond donors (Lipinski definition) is 6. The fourth-order valence-electron chi connectivity index (χ4n) is 6.15. The summed E-state index contributed by atoms with van der Waals surface area (Å²) in [4.78, 5) is 60.4. The molecule has 4 aromatic carbocycles. The molecule has 0 fully saturated rings. The number of nitrogens with zero attached hydrogens (tertiary/aromatic N) is 4. The van der Waals surface area contributed by atoms with Crippen LogP contribution in [-0.2, 0) is 13.1 Å². The number of amides is 4. The van der Waals surface area contributed by atoms with Crippen LogP contribution in [0.25, 0.3) is 44.8 Å². The SMILES string of the molecule is COc1c(C(N)=O)ccc2c1nc(-c1ccc(Cl)cc1C(=O)NN)n2CCn1c(-c2ccc(Cl)cc2C(=O)NN)nc2c(OC)c(C(N)=O)ccc21. The van der Waals surface area contributed by atoms with Crippen LogP contribution in [0.5, 0.6) is 11.5 Å². The van der Waals surface area contributed by atoms with Crippen molar-refractivity contribution in [3.8, 4) is 34.3 Å². The van der Waals surface area contributed by atoms with Crippen molar-refractivity contribution in [1.29, 1.82) is 0 Å². The summed E-state index contributed by atoms with van der Waals surface area (Å²) in [6.07, 6.45) is 0. The molecular formula is C34H30Cl2N10O6. The highest BCUT2D eigenvalue weighted by molar-refractivity contribution is 6.31. The van der Waals surface area contributed by atoms with Gasteiger partial charge in [-0.15, -0.1) is 0 Å². The van der Waals surface area contributed by atoms with Crippen LogP contribution in [0.1, 0.15) is 41.4 Å². The Morgan fingerprint density at radius 1 is 0.635 bits per heavy atom. The van der Waals surface area contributed by atoms with Crippen LogP contribution in [0, 0.1) is 0 Å². The third-order valence-electron chi connectivity index (χ3n) is 8.43. The molecule has 18 heteroatoms. The van der Waals surface area contributed by atoms with E-state index in [1.54, 1.807) is 45.5 Å². The van der Waals surface area contributed by atoms with E-state index in [0.717, 1.165) is 0 Å². The number of nitrogens with two attached hydrogens (primary N) is 4. The maximum absolute atomic E-state index is 13.0. The second-order valence-corrected chi connectivity index (χ2v) is 12.1. The Bertz CT molecular complexity index is 2290. The predicted octanol–water partition coefficient (Wildman–Crippen LogP) is 3.15. The van der Waals surface area contributed by atoms with Crippen molar-refractivity contribution in [3.05, 3.63) is 93.0 Å². The first-order valence-electron chi connectivity index (χ1n) is 15.3. The molecule has 0 spiro atoms. The molecule has 16 nitrogen and oxygen atoms in total. The van der Waals surface area contributed by atoms with Gasteiger partial charge in [-0.2, -0.15) is 0 Å². The zero-order chi connectivity index (χ0) is 37.4. The predicted molar refractivity (Wildman–Crippen MR) is 194 cm³/mol. The van der Waals surface area contributed by atoms with Crippen LogP contribution in [0.15, 0.2) is 60.7 Å². The number of carbonyl (C=O) groups excluding carboxylic acids is 4. The third-order valence-corrected chi connectivity index (χ3v) is 8.90. The van der Waals surface area contributed by atoms with Crippen LogP contribution in [0.4, 0.5) is 0 Å². The number of benzene rings is 4. The Hall–Kier alpha value is -6.20. The summed E-state index contributed by atoms with van der Waals surface area (Å²) < 4.78 is 14.8. The first-order valence-corrected chi connectivity index (χ1v) is 16.0. The molecule has 52 heavy (non-hydrogen) atoms. The lowest BCUT2D eigenvalue weighted by atomic mass is 10.1. The summed E-state index contributed by atoms with van der Waals surface area (Å²) >= 11 is 12.6. The van der Waals surface area contributed by atoms with Crippen LogP contribution < -0.4 is 43.5 Å². The molecule has 10 N–H and O–H groups in total. The summed E-state index contributed by atoms with van der Waals surface area (Å²) in [5.74, 6) is 9.17. The standard InChI is InChI=1S/C34H30Cl2N10O6/c1-51-27-19(29(37)47)7-9-23-25(27)41-31(17-5-3-15(35)13-21(17)33(49)43-39)45(23)11-12-46-24-10-8-20(30(38)48)28(52-2)26(24)42-32(46)18-6-4-16(36)14-22(18)34(50)44-40/h3-10,13-14H,11-12,39-40H2,1-2H3,(H2,37,47)(H2,38,48)(H,43,49)(H,44,50). The van der Waals surface area contributed by atoms with Crippen molar-refractivity contribution in [2.75, 3.05) is 14.2 Å². The number of rotatable bonds is 11. The fraction of sp³-hybridized carbons (Fsp3) is 0.118. The van der Waals surface area contributed by atoms with Gasteiger partial charge in [-0.1, -0.05) is 23.2 Å². The van der Waals surface area contributed by atoms with Gasteiger partial charge in [-0.25, -0.2) is 21.7 Å². The molecule has 4 amide bonds. The van der Waals surface area contributed by atoms with Crippen molar-refractivity contribution in [2.45, 2.75) is 13.1 Å². The van der Waals surface area contributed by atoms with Gasteiger partial charge >= 0.3 is 0 Å². The average molecular weight is 746 g/mol. The molecule has 6 aromatic rings. The molecule has 0 radical (unpaired) electrons. The van der Waals surface area contributed by atoms with E-state index in [0.29, 0.717) is 33.8 Å². The summed E-state index contributed by atoms with van der Waals surface area (Å²) in [6.45, 7) is 0.281. The van der Waals surface area contributed by atoms with Gasteiger partial charge in [-0.3, -0.25) is 30.0 Å². The second-order valence-electron chi connectivity index (χ2n) is 11.3. The number of nitrogens with one attached hydrogen (secondary N) is 2. The maximum atomic E-state index is 13.0. The number of aromatic nitrogens is 4. The maximum Gasteiger partial charge on any atom is 0.265 e. The van der Waals surface area contributed by atoms with Gasteiger partial charge in [0.25, 0.3) is 23.6 Å².